The first-order valence-electron chi connectivity index (χ1n) is 8.84. The van der Waals surface area contributed by atoms with Crippen molar-refractivity contribution >= 4 is 17.6 Å². The van der Waals surface area contributed by atoms with Crippen molar-refractivity contribution < 1.29 is 24.0 Å². The number of nitro groups is 1. The van der Waals surface area contributed by atoms with Crippen LogP contribution in [0.1, 0.15) is 57.6 Å². The molecule has 0 heterocycles. The molecule has 0 aliphatic carbocycles. The molecule has 7 heteroatoms. The number of esters is 2. The molecule has 144 valence electrons. The molecule has 0 amide bonds. The van der Waals surface area contributed by atoms with Gasteiger partial charge < -0.3 is 9.47 Å². The average molecular weight is 365 g/mol. The Morgan fingerprint density at radius 3 is 2.42 bits per heavy atom. The predicted octanol–water partition coefficient (Wildman–Crippen LogP) is 4.09. The number of carbonyl (C=O) groups is 2. The summed E-state index contributed by atoms with van der Waals surface area (Å²) in [5, 5.41) is 11.1. The lowest BCUT2D eigenvalue weighted by Gasteiger charge is -2.20. The topological polar surface area (TPSA) is 95.7 Å². The van der Waals surface area contributed by atoms with Crippen molar-refractivity contribution in [1.29, 1.82) is 0 Å². The van der Waals surface area contributed by atoms with Gasteiger partial charge in [-0.05, 0) is 25.3 Å². The van der Waals surface area contributed by atoms with E-state index in [-0.39, 0.29) is 37.2 Å². The third kappa shape index (κ3) is 6.82. The maximum atomic E-state index is 11.9. The van der Waals surface area contributed by atoms with E-state index in [4.69, 9.17) is 9.47 Å². The second kappa shape index (κ2) is 10.5. The lowest BCUT2D eigenvalue weighted by Crippen LogP contribution is -2.24. The molecule has 0 aromatic heterocycles. The summed E-state index contributed by atoms with van der Waals surface area (Å²) in [6.45, 7) is 7.41. The first-order chi connectivity index (χ1) is 12.3. The molecule has 1 rings (SSSR count). The average Bonchev–Trinajstić information content (AvgIpc) is 2.57. The zero-order valence-electron chi connectivity index (χ0n) is 15.8. The molecule has 0 aliphatic rings. The maximum Gasteiger partial charge on any atom is 0.306 e. The smallest absolute Gasteiger partial charge is 0.306 e. The minimum Gasteiger partial charge on any atom is -0.462 e. The molecule has 0 saturated carbocycles. The second-order valence-electron chi connectivity index (χ2n) is 6.56. The van der Waals surface area contributed by atoms with Gasteiger partial charge in [0.05, 0.1) is 23.3 Å². The zero-order valence-corrected chi connectivity index (χ0v) is 15.8. The molecule has 0 spiro atoms. The lowest BCUT2D eigenvalue weighted by molar-refractivity contribution is -0.386. The van der Waals surface area contributed by atoms with E-state index in [9.17, 15) is 19.7 Å². The minimum atomic E-state index is -0.589. The highest BCUT2D eigenvalue weighted by atomic mass is 16.6. The molecule has 26 heavy (non-hydrogen) atoms. The zero-order chi connectivity index (χ0) is 19.7. The lowest BCUT2D eigenvalue weighted by atomic mass is 10.0. The van der Waals surface area contributed by atoms with Crippen LogP contribution in [0.15, 0.2) is 18.2 Å². The monoisotopic (exact) mass is 365 g/mol. The number of nitro benzene ring substituents is 1. The summed E-state index contributed by atoms with van der Waals surface area (Å²) in [5.41, 5.74) is 0.774. The summed E-state index contributed by atoms with van der Waals surface area (Å²) >= 11 is 0. The van der Waals surface area contributed by atoms with Crippen molar-refractivity contribution in [2.45, 2.75) is 66.1 Å². The number of carbonyl (C=O) groups excluding carboxylic acids is 2. The second-order valence-corrected chi connectivity index (χ2v) is 6.56. The Bertz CT molecular complexity index is 641. The summed E-state index contributed by atoms with van der Waals surface area (Å²) < 4.78 is 10.5. The number of para-hydroxylation sites is 1. The van der Waals surface area contributed by atoms with Gasteiger partial charge >= 0.3 is 11.9 Å². The number of hydrogen-bond acceptors (Lipinski definition) is 6. The molecule has 1 unspecified atom stereocenters. The van der Waals surface area contributed by atoms with Crippen LogP contribution in [0.3, 0.4) is 0 Å². The van der Waals surface area contributed by atoms with Gasteiger partial charge in [0.1, 0.15) is 12.7 Å². The maximum absolute atomic E-state index is 11.9. The van der Waals surface area contributed by atoms with Gasteiger partial charge in [0.2, 0.25) is 0 Å². The van der Waals surface area contributed by atoms with Crippen LogP contribution in [0.4, 0.5) is 5.69 Å². The number of nitrogens with zero attached hydrogens (tertiary/aromatic N) is 1. The third-order valence-electron chi connectivity index (χ3n) is 4.03. The fourth-order valence-corrected chi connectivity index (χ4v) is 2.57. The van der Waals surface area contributed by atoms with Crippen molar-refractivity contribution in [2.24, 2.45) is 5.92 Å². The molecule has 1 aromatic carbocycles. The fraction of sp³-hybridized carbons (Fsp3) is 0.579. The van der Waals surface area contributed by atoms with Gasteiger partial charge in [-0.2, -0.15) is 0 Å². The number of benzene rings is 1. The highest BCUT2D eigenvalue weighted by Gasteiger charge is 2.20. The van der Waals surface area contributed by atoms with E-state index in [2.05, 4.69) is 0 Å². The number of rotatable bonds is 10. The van der Waals surface area contributed by atoms with Gasteiger partial charge in [0, 0.05) is 5.56 Å². The Hall–Kier alpha value is -2.44. The van der Waals surface area contributed by atoms with E-state index >= 15 is 0 Å². The Morgan fingerprint density at radius 1 is 1.19 bits per heavy atom. The molecule has 0 fully saturated rings. The van der Waals surface area contributed by atoms with E-state index in [1.807, 2.05) is 20.8 Å². The predicted molar refractivity (Wildman–Crippen MR) is 96.5 cm³/mol. The first kappa shape index (κ1) is 21.6. The van der Waals surface area contributed by atoms with E-state index in [0.29, 0.717) is 11.1 Å². The summed E-state index contributed by atoms with van der Waals surface area (Å²) in [7, 11) is 0. The van der Waals surface area contributed by atoms with Crippen LogP contribution in [0.25, 0.3) is 0 Å². The Labute approximate surface area is 153 Å². The van der Waals surface area contributed by atoms with Crippen LogP contribution in [0.2, 0.25) is 0 Å². The van der Waals surface area contributed by atoms with Gasteiger partial charge in [-0.3, -0.25) is 19.7 Å². The van der Waals surface area contributed by atoms with Crippen LogP contribution < -0.4 is 0 Å². The Balaban J connectivity index is 2.50. The minimum absolute atomic E-state index is 0.0564. The van der Waals surface area contributed by atoms with Crippen LogP contribution >= 0.6 is 0 Å². The highest BCUT2D eigenvalue weighted by Crippen LogP contribution is 2.23. The van der Waals surface area contributed by atoms with E-state index < -0.39 is 16.9 Å². The molecule has 0 N–H and O–H groups in total. The SMILES string of the molecule is CCCC(OC(=O)CCC(=O)OCc1cccc(C)c1[N+](=O)[O-])C(C)C. The summed E-state index contributed by atoms with van der Waals surface area (Å²) in [6.07, 6.45) is 1.36. The first-order valence-corrected chi connectivity index (χ1v) is 8.84. The van der Waals surface area contributed by atoms with Crippen LogP contribution in [-0.4, -0.2) is 23.0 Å². The standard InChI is InChI=1S/C19H27NO6/c1-5-7-16(13(2)3)26-18(22)11-10-17(21)25-12-15-9-6-8-14(4)19(15)20(23)24/h6,8-9,13,16H,5,7,10-12H2,1-4H3. The van der Waals surface area contributed by atoms with Crippen molar-refractivity contribution in [1.82, 2.24) is 0 Å². The van der Waals surface area contributed by atoms with Gasteiger partial charge in [0.25, 0.3) is 5.69 Å². The van der Waals surface area contributed by atoms with Crippen LogP contribution in [-0.2, 0) is 25.7 Å². The fourth-order valence-electron chi connectivity index (χ4n) is 2.57. The summed E-state index contributed by atoms with van der Waals surface area (Å²) in [6, 6.07) is 4.84. The van der Waals surface area contributed by atoms with Crippen molar-refractivity contribution in [3.05, 3.63) is 39.4 Å². The summed E-state index contributed by atoms with van der Waals surface area (Å²) in [5.74, 6) is -0.808. The number of ether oxygens (including phenoxy) is 2. The van der Waals surface area contributed by atoms with Gasteiger partial charge in [-0.1, -0.05) is 39.3 Å². The molecular formula is C19H27NO6. The Morgan fingerprint density at radius 2 is 1.85 bits per heavy atom. The number of aryl methyl sites for hydroxylation is 1. The molecule has 1 aromatic rings. The van der Waals surface area contributed by atoms with E-state index in [1.165, 1.54) is 0 Å². The molecule has 0 saturated heterocycles. The largest absolute Gasteiger partial charge is 0.462 e. The molecule has 1 atom stereocenters. The third-order valence-corrected chi connectivity index (χ3v) is 4.03. The van der Waals surface area contributed by atoms with Gasteiger partial charge in [-0.15, -0.1) is 0 Å². The molecule has 0 bridgehead atoms. The Kier molecular flexibility index (Phi) is 8.75. The van der Waals surface area contributed by atoms with Crippen molar-refractivity contribution in [3.8, 4) is 0 Å². The van der Waals surface area contributed by atoms with Crippen LogP contribution in [0, 0.1) is 23.0 Å². The summed E-state index contributed by atoms with van der Waals surface area (Å²) in [4.78, 5) is 34.3. The molecular weight excluding hydrogens is 338 g/mol. The van der Waals surface area contributed by atoms with Gasteiger partial charge in [-0.25, -0.2) is 0 Å². The van der Waals surface area contributed by atoms with E-state index in [1.54, 1.807) is 25.1 Å². The van der Waals surface area contributed by atoms with Gasteiger partial charge in [0.15, 0.2) is 0 Å². The van der Waals surface area contributed by atoms with Crippen LogP contribution in [0.5, 0.6) is 0 Å². The van der Waals surface area contributed by atoms with Crippen molar-refractivity contribution in [2.75, 3.05) is 0 Å². The number of hydrogen-bond donors (Lipinski definition) is 0. The molecule has 0 radical (unpaired) electrons. The molecule has 7 nitrogen and oxygen atoms in total. The molecule has 0 aliphatic heterocycles. The highest BCUT2D eigenvalue weighted by molar-refractivity contribution is 5.77. The quantitative estimate of drug-likeness (QED) is 0.352. The van der Waals surface area contributed by atoms with Crippen molar-refractivity contribution in [3.63, 3.8) is 0 Å². The van der Waals surface area contributed by atoms with E-state index in [0.717, 1.165) is 12.8 Å². The normalized spacial score (nSPS) is 11.9.